The number of halogens is 1. The zero-order chi connectivity index (χ0) is 11.0. The van der Waals surface area contributed by atoms with Crippen LogP contribution in [0, 0.1) is 6.92 Å². The molecule has 0 saturated carbocycles. The summed E-state index contributed by atoms with van der Waals surface area (Å²) in [6.07, 6.45) is 3.46. The van der Waals surface area contributed by atoms with Gasteiger partial charge in [-0.3, -0.25) is 0 Å². The first-order valence-electron chi connectivity index (χ1n) is 4.35. The summed E-state index contributed by atoms with van der Waals surface area (Å²) >= 11 is 3.39. The van der Waals surface area contributed by atoms with Gasteiger partial charge in [0, 0.05) is 22.6 Å². The maximum Gasteiger partial charge on any atom is 0.341 e. The first kappa shape index (κ1) is 10.2. The number of fused-ring (bicyclic) bond motifs is 1. The van der Waals surface area contributed by atoms with Crippen molar-refractivity contribution >= 4 is 27.5 Å². The second-order valence-electron chi connectivity index (χ2n) is 3.10. The van der Waals surface area contributed by atoms with Gasteiger partial charge in [-0.1, -0.05) is 0 Å². The molecule has 0 spiro atoms. The van der Waals surface area contributed by atoms with Gasteiger partial charge < -0.3 is 9.14 Å². The Kier molecular flexibility index (Phi) is 2.48. The summed E-state index contributed by atoms with van der Waals surface area (Å²) in [5, 5.41) is 0. The van der Waals surface area contributed by atoms with E-state index in [2.05, 4.69) is 20.9 Å². The minimum absolute atomic E-state index is 0.383. The number of nitrogens with zero attached hydrogens (tertiary/aromatic N) is 2. The van der Waals surface area contributed by atoms with Crippen LogP contribution in [0.5, 0.6) is 0 Å². The van der Waals surface area contributed by atoms with Crippen molar-refractivity contribution in [3.05, 3.63) is 34.2 Å². The zero-order valence-electron chi connectivity index (χ0n) is 8.32. The molecule has 0 aromatic carbocycles. The van der Waals surface area contributed by atoms with Crippen molar-refractivity contribution in [2.75, 3.05) is 7.11 Å². The highest BCUT2D eigenvalue weighted by Gasteiger charge is 2.15. The SMILES string of the molecule is COC(=O)c1cc(Br)c(C)n2ccnc12. The topological polar surface area (TPSA) is 43.6 Å². The Balaban J connectivity index is 2.80. The molecule has 2 aromatic heterocycles. The molecule has 0 bridgehead atoms. The normalized spacial score (nSPS) is 10.6. The van der Waals surface area contributed by atoms with E-state index < -0.39 is 0 Å². The number of ether oxygens (including phenoxy) is 1. The van der Waals surface area contributed by atoms with Crippen LogP contribution < -0.4 is 0 Å². The molecule has 78 valence electrons. The van der Waals surface area contributed by atoms with Crippen LogP contribution in [0.15, 0.2) is 22.9 Å². The van der Waals surface area contributed by atoms with Crippen molar-refractivity contribution < 1.29 is 9.53 Å². The van der Waals surface area contributed by atoms with Gasteiger partial charge in [0.2, 0.25) is 0 Å². The van der Waals surface area contributed by atoms with E-state index in [1.807, 2.05) is 17.5 Å². The van der Waals surface area contributed by atoms with Gasteiger partial charge in [-0.25, -0.2) is 9.78 Å². The summed E-state index contributed by atoms with van der Waals surface area (Å²) in [5.74, 6) is -0.383. The molecule has 0 aliphatic rings. The predicted molar refractivity (Wildman–Crippen MR) is 59.0 cm³/mol. The van der Waals surface area contributed by atoms with Crippen LogP contribution in [0.4, 0.5) is 0 Å². The second-order valence-corrected chi connectivity index (χ2v) is 3.96. The average molecular weight is 269 g/mol. The largest absolute Gasteiger partial charge is 0.465 e. The van der Waals surface area contributed by atoms with Gasteiger partial charge in [0.05, 0.1) is 7.11 Å². The number of hydrogen-bond acceptors (Lipinski definition) is 3. The number of esters is 1. The number of rotatable bonds is 1. The molecule has 0 amide bonds. The highest BCUT2D eigenvalue weighted by molar-refractivity contribution is 9.10. The van der Waals surface area contributed by atoms with Crippen LogP contribution >= 0.6 is 15.9 Å². The van der Waals surface area contributed by atoms with Gasteiger partial charge >= 0.3 is 5.97 Å². The van der Waals surface area contributed by atoms with Gasteiger partial charge in [-0.2, -0.15) is 0 Å². The first-order chi connectivity index (χ1) is 7.15. The lowest BCUT2D eigenvalue weighted by Crippen LogP contribution is -2.06. The number of carbonyl (C=O) groups is 1. The molecule has 2 rings (SSSR count). The molecule has 0 saturated heterocycles. The fraction of sp³-hybridized carbons (Fsp3) is 0.200. The van der Waals surface area contributed by atoms with Gasteiger partial charge in [-0.05, 0) is 28.9 Å². The summed E-state index contributed by atoms with van der Waals surface area (Å²) < 4.78 is 7.39. The maximum atomic E-state index is 11.5. The van der Waals surface area contributed by atoms with E-state index in [1.165, 1.54) is 7.11 Å². The van der Waals surface area contributed by atoms with E-state index in [1.54, 1.807) is 12.3 Å². The van der Waals surface area contributed by atoms with Crippen LogP contribution in [0.25, 0.3) is 5.65 Å². The lowest BCUT2D eigenvalue weighted by atomic mass is 10.2. The van der Waals surface area contributed by atoms with E-state index in [0.717, 1.165) is 10.2 Å². The highest BCUT2D eigenvalue weighted by Crippen LogP contribution is 2.21. The standard InChI is InChI=1S/C10H9BrN2O2/c1-6-8(11)5-7(10(14)15-2)9-12-3-4-13(6)9/h3-5H,1-2H3. The summed E-state index contributed by atoms with van der Waals surface area (Å²) in [6, 6.07) is 1.73. The van der Waals surface area contributed by atoms with E-state index in [-0.39, 0.29) is 5.97 Å². The van der Waals surface area contributed by atoms with Gasteiger partial charge in [0.1, 0.15) is 5.56 Å². The number of carbonyl (C=O) groups excluding carboxylic acids is 1. The van der Waals surface area contributed by atoms with Crippen molar-refractivity contribution in [3.8, 4) is 0 Å². The monoisotopic (exact) mass is 268 g/mol. The third kappa shape index (κ3) is 1.52. The minimum atomic E-state index is -0.383. The number of pyridine rings is 1. The second kappa shape index (κ2) is 3.66. The molecule has 4 nitrogen and oxygen atoms in total. The quantitative estimate of drug-likeness (QED) is 0.745. The molecule has 2 heterocycles. The van der Waals surface area contributed by atoms with Crippen LogP contribution in [0.1, 0.15) is 16.1 Å². The zero-order valence-corrected chi connectivity index (χ0v) is 9.91. The number of aromatic nitrogens is 2. The van der Waals surface area contributed by atoms with Crippen LogP contribution in [0.3, 0.4) is 0 Å². The van der Waals surface area contributed by atoms with E-state index in [0.29, 0.717) is 11.2 Å². The molecular weight excluding hydrogens is 260 g/mol. The third-order valence-corrected chi connectivity index (χ3v) is 3.07. The fourth-order valence-electron chi connectivity index (χ4n) is 1.44. The summed E-state index contributed by atoms with van der Waals surface area (Å²) in [6.45, 7) is 1.94. The molecule has 0 unspecified atom stereocenters. The van der Waals surface area contributed by atoms with Gasteiger partial charge in [0.15, 0.2) is 5.65 Å². The molecular formula is C10H9BrN2O2. The molecule has 15 heavy (non-hydrogen) atoms. The Morgan fingerprint density at radius 1 is 1.60 bits per heavy atom. The van der Waals surface area contributed by atoms with E-state index in [9.17, 15) is 4.79 Å². The first-order valence-corrected chi connectivity index (χ1v) is 5.15. The predicted octanol–water partition coefficient (Wildman–Crippen LogP) is 2.19. The molecule has 0 N–H and O–H groups in total. The number of aryl methyl sites for hydroxylation is 1. The summed E-state index contributed by atoms with van der Waals surface area (Å²) in [7, 11) is 1.36. The Hall–Kier alpha value is -1.36. The fourth-order valence-corrected chi connectivity index (χ4v) is 1.86. The molecule has 0 fully saturated rings. The Morgan fingerprint density at radius 2 is 2.33 bits per heavy atom. The van der Waals surface area contributed by atoms with Crippen LogP contribution in [-0.2, 0) is 4.74 Å². The lowest BCUT2D eigenvalue weighted by molar-refractivity contribution is 0.0602. The Labute approximate surface area is 95.0 Å². The van der Waals surface area contributed by atoms with E-state index in [4.69, 9.17) is 4.74 Å². The molecule has 0 aliphatic carbocycles. The van der Waals surface area contributed by atoms with E-state index >= 15 is 0 Å². The number of imidazole rings is 1. The van der Waals surface area contributed by atoms with Crippen molar-refractivity contribution in [1.29, 1.82) is 0 Å². The molecule has 2 aromatic rings. The van der Waals surface area contributed by atoms with Crippen molar-refractivity contribution in [1.82, 2.24) is 9.38 Å². The molecule has 0 radical (unpaired) electrons. The third-order valence-electron chi connectivity index (χ3n) is 2.27. The van der Waals surface area contributed by atoms with Gasteiger partial charge in [0.25, 0.3) is 0 Å². The highest BCUT2D eigenvalue weighted by atomic mass is 79.9. The van der Waals surface area contributed by atoms with Crippen molar-refractivity contribution in [2.45, 2.75) is 6.92 Å². The Bertz CT molecular complexity index is 533. The average Bonchev–Trinajstić information content (AvgIpc) is 2.71. The Morgan fingerprint density at radius 3 is 3.00 bits per heavy atom. The maximum absolute atomic E-state index is 11.5. The number of methoxy groups -OCH3 is 1. The number of hydrogen-bond donors (Lipinski definition) is 0. The van der Waals surface area contributed by atoms with Gasteiger partial charge in [-0.15, -0.1) is 0 Å². The lowest BCUT2D eigenvalue weighted by Gasteiger charge is -2.06. The smallest absolute Gasteiger partial charge is 0.341 e. The van der Waals surface area contributed by atoms with Crippen LogP contribution in [0.2, 0.25) is 0 Å². The molecule has 0 atom stereocenters. The van der Waals surface area contributed by atoms with Crippen molar-refractivity contribution in [2.24, 2.45) is 0 Å². The minimum Gasteiger partial charge on any atom is -0.465 e. The molecule has 0 aliphatic heterocycles. The van der Waals surface area contributed by atoms with Crippen LogP contribution in [-0.4, -0.2) is 22.5 Å². The molecule has 5 heteroatoms. The van der Waals surface area contributed by atoms with Crippen molar-refractivity contribution in [3.63, 3.8) is 0 Å². The summed E-state index contributed by atoms with van der Waals surface area (Å²) in [4.78, 5) is 15.6. The summed E-state index contributed by atoms with van der Waals surface area (Å²) in [5.41, 5.74) is 2.07.